The zero-order valence-corrected chi connectivity index (χ0v) is 16.6. The SMILES string of the molecule is NCc1cccc(-c2cccc3cc(COc4ccccc4CC(=O)O)sc23)c1. The van der Waals surface area contributed by atoms with Gasteiger partial charge in [-0.1, -0.05) is 54.6 Å². The van der Waals surface area contributed by atoms with Crippen molar-refractivity contribution >= 4 is 27.4 Å². The van der Waals surface area contributed by atoms with E-state index in [1.807, 2.05) is 30.3 Å². The summed E-state index contributed by atoms with van der Waals surface area (Å²) < 4.78 is 7.17. The molecule has 0 atom stereocenters. The van der Waals surface area contributed by atoms with Crippen LogP contribution in [-0.4, -0.2) is 11.1 Å². The third-order valence-electron chi connectivity index (χ3n) is 4.75. The Balaban J connectivity index is 1.61. The zero-order valence-electron chi connectivity index (χ0n) is 15.8. The van der Waals surface area contributed by atoms with Crippen LogP contribution in [0.4, 0.5) is 0 Å². The highest BCUT2D eigenvalue weighted by Crippen LogP contribution is 2.36. The number of carboxylic acids is 1. The van der Waals surface area contributed by atoms with E-state index in [9.17, 15) is 4.79 Å². The molecule has 146 valence electrons. The molecule has 0 spiro atoms. The Labute approximate surface area is 173 Å². The highest BCUT2D eigenvalue weighted by molar-refractivity contribution is 7.19. The number of carbonyl (C=O) groups is 1. The summed E-state index contributed by atoms with van der Waals surface area (Å²) in [6.45, 7) is 0.918. The highest BCUT2D eigenvalue weighted by atomic mass is 32.1. The maximum Gasteiger partial charge on any atom is 0.307 e. The molecule has 0 saturated carbocycles. The van der Waals surface area contributed by atoms with E-state index in [4.69, 9.17) is 15.6 Å². The Morgan fingerprint density at radius 3 is 2.66 bits per heavy atom. The molecule has 3 aromatic carbocycles. The fourth-order valence-electron chi connectivity index (χ4n) is 3.38. The van der Waals surface area contributed by atoms with Crippen LogP contribution in [0.5, 0.6) is 5.75 Å². The summed E-state index contributed by atoms with van der Waals surface area (Å²) in [6.07, 6.45) is -0.0514. The second kappa shape index (κ2) is 8.47. The van der Waals surface area contributed by atoms with Crippen molar-refractivity contribution in [1.82, 2.24) is 0 Å². The first-order valence-corrected chi connectivity index (χ1v) is 10.2. The lowest BCUT2D eigenvalue weighted by Gasteiger charge is -2.09. The Bertz CT molecular complexity index is 1170. The number of para-hydroxylation sites is 1. The van der Waals surface area contributed by atoms with Gasteiger partial charge >= 0.3 is 5.97 Å². The molecule has 0 fully saturated rings. The van der Waals surface area contributed by atoms with Crippen molar-refractivity contribution in [2.75, 3.05) is 0 Å². The van der Waals surface area contributed by atoms with Gasteiger partial charge in [-0.15, -0.1) is 11.3 Å². The van der Waals surface area contributed by atoms with Crippen molar-refractivity contribution in [3.63, 3.8) is 0 Å². The molecule has 0 aliphatic heterocycles. The van der Waals surface area contributed by atoms with Crippen molar-refractivity contribution in [3.05, 3.63) is 88.8 Å². The van der Waals surface area contributed by atoms with Gasteiger partial charge in [0.2, 0.25) is 0 Å². The predicted octanol–water partition coefficient (Wildman–Crippen LogP) is 5.23. The number of fused-ring (bicyclic) bond motifs is 1. The Hall–Kier alpha value is -3.15. The molecule has 0 saturated heterocycles. The summed E-state index contributed by atoms with van der Waals surface area (Å²) >= 11 is 1.70. The average molecular weight is 404 g/mol. The quantitative estimate of drug-likeness (QED) is 0.443. The van der Waals surface area contributed by atoms with Gasteiger partial charge in [0.1, 0.15) is 12.4 Å². The minimum absolute atomic E-state index is 0.0514. The van der Waals surface area contributed by atoms with Crippen LogP contribution in [0.25, 0.3) is 21.2 Å². The lowest BCUT2D eigenvalue weighted by molar-refractivity contribution is -0.136. The first kappa shape index (κ1) is 19.2. The molecule has 0 radical (unpaired) electrons. The number of thiophene rings is 1. The fraction of sp³-hybridized carbons (Fsp3) is 0.125. The van der Waals surface area contributed by atoms with Gasteiger partial charge in [0.05, 0.1) is 6.42 Å². The number of aliphatic carboxylic acids is 1. The maximum atomic E-state index is 11.1. The molecule has 5 heteroatoms. The smallest absolute Gasteiger partial charge is 0.307 e. The third-order valence-corrected chi connectivity index (χ3v) is 5.91. The first-order chi connectivity index (χ1) is 14.1. The lowest BCUT2D eigenvalue weighted by Crippen LogP contribution is -2.03. The van der Waals surface area contributed by atoms with Crippen LogP contribution in [0, 0.1) is 0 Å². The number of carboxylic acid groups (broad SMARTS) is 1. The van der Waals surface area contributed by atoms with E-state index in [1.54, 1.807) is 17.4 Å². The molecule has 3 N–H and O–H groups in total. The predicted molar refractivity (Wildman–Crippen MR) is 117 cm³/mol. The summed E-state index contributed by atoms with van der Waals surface area (Å²) in [5.41, 5.74) is 9.92. The van der Waals surface area contributed by atoms with Gasteiger partial charge < -0.3 is 15.6 Å². The molecule has 0 unspecified atom stereocenters. The minimum Gasteiger partial charge on any atom is -0.488 e. The molecule has 0 aliphatic carbocycles. The zero-order chi connectivity index (χ0) is 20.2. The van der Waals surface area contributed by atoms with Gasteiger partial charge in [0.15, 0.2) is 0 Å². The Morgan fingerprint density at radius 1 is 1.00 bits per heavy atom. The standard InChI is InChI=1S/C24H21NO3S/c25-14-16-5-3-7-17(11-16)21-9-4-8-19-12-20(29-24(19)21)15-28-22-10-2-1-6-18(22)13-23(26)27/h1-12H,13-15,25H2,(H,26,27). The van der Waals surface area contributed by atoms with Gasteiger partial charge in [0, 0.05) is 21.7 Å². The number of rotatable bonds is 7. The minimum atomic E-state index is -0.868. The van der Waals surface area contributed by atoms with E-state index < -0.39 is 5.97 Å². The largest absolute Gasteiger partial charge is 0.488 e. The number of hydrogen-bond donors (Lipinski definition) is 2. The first-order valence-electron chi connectivity index (χ1n) is 9.37. The van der Waals surface area contributed by atoms with Gasteiger partial charge in [-0.05, 0) is 40.3 Å². The molecular weight excluding hydrogens is 382 g/mol. The number of nitrogens with two attached hydrogens (primary N) is 1. The monoisotopic (exact) mass is 403 g/mol. The van der Waals surface area contributed by atoms with Gasteiger partial charge in [0.25, 0.3) is 0 Å². The normalized spacial score (nSPS) is 10.9. The van der Waals surface area contributed by atoms with Gasteiger partial charge in [-0.2, -0.15) is 0 Å². The van der Waals surface area contributed by atoms with E-state index in [0.717, 1.165) is 16.0 Å². The van der Waals surface area contributed by atoms with Crippen LogP contribution >= 0.6 is 11.3 Å². The molecule has 29 heavy (non-hydrogen) atoms. The average Bonchev–Trinajstić information content (AvgIpc) is 3.16. The summed E-state index contributed by atoms with van der Waals surface area (Å²) in [7, 11) is 0. The molecule has 0 bridgehead atoms. The number of hydrogen-bond acceptors (Lipinski definition) is 4. The molecule has 4 nitrogen and oxygen atoms in total. The second-order valence-electron chi connectivity index (χ2n) is 6.81. The summed E-state index contributed by atoms with van der Waals surface area (Å²) in [6, 6.07) is 24.0. The van der Waals surface area contributed by atoms with Crippen molar-refractivity contribution in [1.29, 1.82) is 0 Å². The van der Waals surface area contributed by atoms with E-state index >= 15 is 0 Å². The Morgan fingerprint density at radius 2 is 1.83 bits per heavy atom. The third kappa shape index (κ3) is 4.31. The van der Waals surface area contributed by atoms with Crippen LogP contribution in [0.1, 0.15) is 16.0 Å². The highest BCUT2D eigenvalue weighted by Gasteiger charge is 2.11. The molecular formula is C24H21NO3S. The molecule has 0 aliphatic rings. The van der Waals surface area contributed by atoms with Crippen molar-refractivity contribution in [2.24, 2.45) is 5.73 Å². The molecule has 0 amide bonds. The van der Waals surface area contributed by atoms with Crippen LogP contribution in [-0.2, 0) is 24.4 Å². The van der Waals surface area contributed by atoms with E-state index in [2.05, 4.69) is 36.4 Å². The van der Waals surface area contributed by atoms with Gasteiger partial charge in [-0.25, -0.2) is 0 Å². The van der Waals surface area contributed by atoms with E-state index in [1.165, 1.54) is 15.6 Å². The van der Waals surface area contributed by atoms with E-state index in [-0.39, 0.29) is 6.42 Å². The fourth-order valence-corrected chi connectivity index (χ4v) is 4.49. The van der Waals surface area contributed by atoms with Crippen LogP contribution in [0.2, 0.25) is 0 Å². The molecule has 4 aromatic rings. The summed E-state index contributed by atoms with van der Waals surface area (Å²) in [4.78, 5) is 12.2. The number of benzene rings is 3. The molecule has 1 heterocycles. The molecule has 1 aromatic heterocycles. The van der Waals surface area contributed by atoms with Crippen LogP contribution < -0.4 is 10.5 Å². The van der Waals surface area contributed by atoms with Crippen LogP contribution in [0.3, 0.4) is 0 Å². The maximum absolute atomic E-state index is 11.1. The van der Waals surface area contributed by atoms with Crippen molar-refractivity contribution < 1.29 is 14.6 Å². The van der Waals surface area contributed by atoms with E-state index in [0.29, 0.717) is 24.5 Å². The molecule has 4 rings (SSSR count). The van der Waals surface area contributed by atoms with Crippen molar-refractivity contribution in [3.8, 4) is 16.9 Å². The second-order valence-corrected chi connectivity index (χ2v) is 7.94. The summed E-state index contributed by atoms with van der Waals surface area (Å²) in [5, 5.41) is 10.3. The van der Waals surface area contributed by atoms with Crippen molar-refractivity contribution in [2.45, 2.75) is 19.6 Å². The van der Waals surface area contributed by atoms with Crippen LogP contribution in [0.15, 0.2) is 72.8 Å². The van der Waals surface area contributed by atoms with Gasteiger partial charge in [-0.3, -0.25) is 4.79 Å². The number of ether oxygens (including phenoxy) is 1. The lowest BCUT2D eigenvalue weighted by atomic mass is 10.0. The summed E-state index contributed by atoms with van der Waals surface area (Å²) in [5.74, 6) is -0.254. The Kier molecular flexibility index (Phi) is 5.60. The topological polar surface area (TPSA) is 72.5 Å².